The Balaban J connectivity index is 0.00000180. The number of nitrogens with one attached hydrogen (secondary N) is 2. The summed E-state index contributed by atoms with van der Waals surface area (Å²) in [7, 11) is 0. The lowest BCUT2D eigenvalue weighted by molar-refractivity contribution is -0.122. The summed E-state index contributed by atoms with van der Waals surface area (Å²) in [5, 5.41) is 6.16. The van der Waals surface area contributed by atoms with E-state index in [9.17, 15) is 4.79 Å². The maximum Gasteiger partial charge on any atom is 0.238 e. The zero-order valence-electron chi connectivity index (χ0n) is 11.1. The molecule has 1 aliphatic rings. The first-order valence-electron chi connectivity index (χ1n) is 6.46. The molecule has 1 aromatic carbocycles. The molecular weight excluding hydrogens is 280 g/mol. The van der Waals surface area contributed by atoms with Gasteiger partial charge >= 0.3 is 0 Å². The average molecular weight is 301 g/mol. The fraction of sp³-hybridized carbons (Fsp3) is 0.500. The summed E-state index contributed by atoms with van der Waals surface area (Å²) in [6.45, 7) is 2.87. The SMILES string of the molecule is CCc1ccc(CCNC(=O)C2CSCN2)cc1.Cl. The van der Waals surface area contributed by atoms with Crippen LogP contribution in [0.3, 0.4) is 0 Å². The zero-order valence-corrected chi connectivity index (χ0v) is 12.8. The van der Waals surface area contributed by atoms with Crippen LogP contribution >= 0.6 is 24.2 Å². The highest BCUT2D eigenvalue weighted by Gasteiger charge is 2.21. The molecule has 2 N–H and O–H groups in total. The number of thioether (sulfide) groups is 1. The van der Waals surface area contributed by atoms with Crippen LogP contribution in [0.1, 0.15) is 18.1 Å². The largest absolute Gasteiger partial charge is 0.354 e. The van der Waals surface area contributed by atoms with Gasteiger partial charge in [-0.1, -0.05) is 31.2 Å². The van der Waals surface area contributed by atoms with E-state index in [0.29, 0.717) is 6.54 Å². The van der Waals surface area contributed by atoms with Crippen molar-refractivity contribution in [3.8, 4) is 0 Å². The summed E-state index contributed by atoms with van der Waals surface area (Å²) >= 11 is 1.77. The quantitative estimate of drug-likeness (QED) is 0.874. The second kappa shape index (κ2) is 8.46. The fourth-order valence-electron chi connectivity index (χ4n) is 1.96. The van der Waals surface area contributed by atoms with Crippen LogP contribution in [-0.2, 0) is 17.6 Å². The maximum absolute atomic E-state index is 11.7. The van der Waals surface area contributed by atoms with E-state index < -0.39 is 0 Å². The number of rotatable bonds is 5. The minimum atomic E-state index is -0.00235. The maximum atomic E-state index is 11.7. The van der Waals surface area contributed by atoms with Crippen molar-refractivity contribution in [2.45, 2.75) is 25.8 Å². The molecule has 1 heterocycles. The Morgan fingerprint density at radius 3 is 2.63 bits per heavy atom. The highest BCUT2D eigenvalue weighted by molar-refractivity contribution is 7.99. The van der Waals surface area contributed by atoms with E-state index in [1.807, 2.05) is 0 Å². The molecule has 0 aliphatic carbocycles. The van der Waals surface area contributed by atoms with E-state index in [0.717, 1.165) is 24.5 Å². The summed E-state index contributed by atoms with van der Waals surface area (Å²) in [6, 6.07) is 8.61. The molecular formula is C14H21ClN2OS. The van der Waals surface area contributed by atoms with Crippen LogP contribution in [-0.4, -0.2) is 30.1 Å². The lowest BCUT2D eigenvalue weighted by atomic mass is 10.1. The zero-order chi connectivity index (χ0) is 12.8. The second-order valence-electron chi connectivity index (χ2n) is 4.48. The minimum Gasteiger partial charge on any atom is -0.354 e. The lowest BCUT2D eigenvalue weighted by Gasteiger charge is -2.10. The molecule has 1 aromatic rings. The van der Waals surface area contributed by atoms with E-state index in [1.54, 1.807) is 11.8 Å². The molecule has 3 nitrogen and oxygen atoms in total. The molecule has 0 spiro atoms. The summed E-state index contributed by atoms with van der Waals surface area (Å²) in [5.41, 5.74) is 2.64. The number of aryl methyl sites for hydroxylation is 1. The molecule has 1 unspecified atom stereocenters. The monoisotopic (exact) mass is 300 g/mol. The van der Waals surface area contributed by atoms with Crippen LogP contribution < -0.4 is 10.6 Å². The van der Waals surface area contributed by atoms with E-state index in [1.165, 1.54) is 11.1 Å². The third-order valence-corrected chi connectivity index (χ3v) is 4.12. The van der Waals surface area contributed by atoms with Gasteiger partial charge in [0.05, 0.1) is 6.04 Å². The summed E-state index contributed by atoms with van der Waals surface area (Å²) < 4.78 is 0. The Bertz CT molecular complexity index is 391. The molecule has 1 fully saturated rings. The number of carbonyl (C=O) groups excluding carboxylic acids is 1. The van der Waals surface area contributed by atoms with Crippen LogP contribution in [0.15, 0.2) is 24.3 Å². The highest BCUT2D eigenvalue weighted by atomic mass is 35.5. The predicted octanol–water partition coefficient (Wildman–Crippen LogP) is 1.99. The number of benzene rings is 1. The molecule has 106 valence electrons. The number of hydrogen-bond donors (Lipinski definition) is 2. The Labute approximate surface area is 125 Å². The first-order valence-corrected chi connectivity index (χ1v) is 7.61. The lowest BCUT2D eigenvalue weighted by Crippen LogP contribution is -2.42. The number of halogens is 1. The molecule has 0 radical (unpaired) electrons. The van der Waals surface area contributed by atoms with Crippen LogP contribution in [0.4, 0.5) is 0 Å². The fourth-order valence-corrected chi connectivity index (χ4v) is 2.90. The van der Waals surface area contributed by atoms with Crippen LogP contribution in [0.2, 0.25) is 0 Å². The van der Waals surface area contributed by atoms with Gasteiger partial charge in [0.15, 0.2) is 0 Å². The first kappa shape index (κ1) is 16.3. The van der Waals surface area contributed by atoms with Crippen molar-refractivity contribution in [2.75, 3.05) is 18.2 Å². The van der Waals surface area contributed by atoms with Crippen molar-refractivity contribution < 1.29 is 4.79 Å². The molecule has 1 aliphatic heterocycles. The molecule has 1 saturated heterocycles. The first-order chi connectivity index (χ1) is 8.79. The molecule has 0 saturated carbocycles. The Morgan fingerprint density at radius 1 is 1.37 bits per heavy atom. The van der Waals surface area contributed by atoms with Crippen LogP contribution in [0, 0.1) is 0 Å². The molecule has 0 aromatic heterocycles. The Hall–Kier alpha value is -0.710. The van der Waals surface area contributed by atoms with Crippen molar-refractivity contribution in [3.05, 3.63) is 35.4 Å². The summed E-state index contributed by atoms with van der Waals surface area (Å²) in [4.78, 5) is 11.7. The summed E-state index contributed by atoms with van der Waals surface area (Å²) in [6.07, 6.45) is 1.97. The molecule has 0 bridgehead atoms. The van der Waals surface area contributed by atoms with Crippen molar-refractivity contribution in [1.82, 2.24) is 10.6 Å². The summed E-state index contributed by atoms with van der Waals surface area (Å²) in [5.74, 6) is 1.90. The molecule has 2 rings (SSSR count). The predicted molar refractivity (Wildman–Crippen MR) is 84.0 cm³/mol. The molecule has 1 amide bonds. The van der Waals surface area contributed by atoms with Crippen LogP contribution in [0.25, 0.3) is 0 Å². The number of carbonyl (C=O) groups is 1. The van der Waals surface area contributed by atoms with E-state index in [4.69, 9.17) is 0 Å². The van der Waals surface area contributed by atoms with Gasteiger partial charge in [-0.2, -0.15) is 0 Å². The van der Waals surface area contributed by atoms with E-state index in [2.05, 4.69) is 41.8 Å². The smallest absolute Gasteiger partial charge is 0.238 e. The van der Waals surface area contributed by atoms with Gasteiger partial charge in [0, 0.05) is 18.2 Å². The van der Waals surface area contributed by atoms with Gasteiger partial charge in [-0.15, -0.1) is 24.2 Å². The minimum absolute atomic E-state index is 0. The number of hydrogen-bond acceptors (Lipinski definition) is 3. The van der Waals surface area contributed by atoms with E-state index in [-0.39, 0.29) is 24.4 Å². The van der Waals surface area contributed by atoms with Gasteiger partial charge in [-0.05, 0) is 24.0 Å². The number of amides is 1. The highest BCUT2D eigenvalue weighted by Crippen LogP contribution is 2.09. The van der Waals surface area contributed by atoms with Crippen LogP contribution in [0.5, 0.6) is 0 Å². The van der Waals surface area contributed by atoms with Crippen molar-refractivity contribution in [3.63, 3.8) is 0 Å². The van der Waals surface area contributed by atoms with Crippen molar-refractivity contribution in [1.29, 1.82) is 0 Å². The normalized spacial score (nSPS) is 17.8. The van der Waals surface area contributed by atoms with Gasteiger partial charge in [0.1, 0.15) is 0 Å². The molecule has 5 heteroatoms. The third kappa shape index (κ3) is 5.05. The molecule has 1 atom stereocenters. The standard InChI is InChI=1S/C14H20N2OS.ClH/c1-2-11-3-5-12(6-4-11)7-8-15-14(17)13-9-18-10-16-13;/h3-6,13,16H,2,7-10H2,1H3,(H,15,17);1H. The second-order valence-corrected chi connectivity index (χ2v) is 5.51. The van der Waals surface area contributed by atoms with E-state index >= 15 is 0 Å². The average Bonchev–Trinajstić information content (AvgIpc) is 2.93. The van der Waals surface area contributed by atoms with Gasteiger partial charge in [-0.25, -0.2) is 0 Å². The van der Waals surface area contributed by atoms with Gasteiger partial charge in [-0.3, -0.25) is 10.1 Å². The van der Waals surface area contributed by atoms with Crippen molar-refractivity contribution >= 4 is 30.1 Å². The van der Waals surface area contributed by atoms with Gasteiger partial charge in [0.2, 0.25) is 5.91 Å². The third-order valence-electron chi connectivity index (χ3n) is 3.18. The van der Waals surface area contributed by atoms with Crippen molar-refractivity contribution in [2.24, 2.45) is 0 Å². The Kier molecular flexibility index (Phi) is 7.28. The topological polar surface area (TPSA) is 41.1 Å². The van der Waals surface area contributed by atoms with Gasteiger partial charge < -0.3 is 5.32 Å². The van der Waals surface area contributed by atoms with Gasteiger partial charge in [0.25, 0.3) is 0 Å². The Morgan fingerprint density at radius 2 is 2.05 bits per heavy atom. The molecule has 19 heavy (non-hydrogen) atoms.